The summed E-state index contributed by atoms with van der Waals surface area (Å²) in [7, 11) is 0. The lowest BCUT2D eigenvalue weighted by Crippen LogP contribution is -1.91. The van der Waals surface area contributed by atoms with Gasteiger partial charge in [0.2, 0.25) is 0 Å². The van der Waals surface area contributed by atoms with E-state index in [2.05, 4.69) is 9.97 Å². The van der Waals surface area contributed by atoms with Gasteiger partial charge in [-0.1, -0.05) is 0 Å². The van der Waals surface area contributed by atoms with Gasteiger partial charge in [-0.3, -0.25) is 0 Å². The van der Waals surface area contributed by atoms with Gasteiger partial charge in [0.05, 0.1) is 5.69 Å². The number of aliphatic hydroxyl groups excluding tert-OH is 1. The molecule has 0 amide bonds. The van der Waals surface area contributed by atoms with Crippen LogP contribution in [-0.4, -0.2) is 21.7 Å². The Morgan fingerprint density at radius 2 is 2.18 bits per heavy atom. The van der Waals surface area contributed by atoms with Gasteiger partial charge in [-0.2, -0.15) is 0 Å². The summed E-state index contributed by atoms with van der Waals surface area (Å²) in [5.41, 5.74) is 2.18. The third-order valence-corrected chi connectivity index (χ3v) is 1.75. The highest BCUT2D eigenvalue weighted by Crippen LogP contribution is 2.04. The standard InChI is InChI=1S/C8H14N2O/c1-6-7(2)10-8(9-6)4-3-5-11/h11H,3-5H2,1-2H3,(H,9,10). The van der Waals surface area contributed by atoms with Crippen LogP contribution in [0.15, 0.2) is 0 Å². The van der Waals surface area contributed by atoms with Crippen LogP contribution in [0, 0.1) is 13.8 Å². The minimum absolute atomic E-state index is 0.235. The highest BCUT2D eigenvalue weighted by molar-refractivity contribution is 5.10. The van der Waals surface area contributed by atoms with Gasteiger partial charge >= 0.3 is 0 Å². The number of rotatable bonds is 3. The van der Waals surface area contributed by atoms with Gasteiger partial charge in [0.25, 0.3) is 0 Å². The van der Waals surface area contributed by atoms with E-state index in [4.69, 9.17) is 5.11 Å². The van der Waals surface area contributed by atoms with Gasteiger partial charge in [0, 0.05) is 18.7 Å². The summed E-state index contributed by atoms with van der Waals surface area (Å²) < 4.78 is 0. The van der Waals surface area contributed by atoms with Crippen molar-refractivity contribution in [2.45, 2.75) is 26.7 Å². The Labute approximate surface area is 66.5 Å². The Bertz CT molecular complexity index is 210. The maximum Gasteiger partial charge on any atom is 0.106 e. The Kier molecular flexibility index (Phi) is 2.65. The summed E-state index contributed by atoms with van der Waals surface area (Å²) in [5, 5.41) is 8.56. The summed E-state index contributed by atoms with van der Waals surface area (Å²) >= 11 is 0. The molecule has 0 radical (unpaired) electrons. The number of aromatic amines is 1. The normalized spacial score (nSPS) is 10.5. The Balaban J connectivity index is 2.58. The first-order valence-electron chi connectivity index (χ1n) is 3.87. The molecular formula is C8H14N2O. The summed E-state index contributed by atoms with van der Waals surface area (Å²) in [6.07, 6.45) is 1.62. The van der Waals surface area contributed by atoms with Gasteiger partial charge in [0.1, 0.15) is 5.82 Å². The van der Waals surface area contributed by atoms with Crippen molar-refractivity contribution in [3.8, 4) is 0 Å². The van der Waals surface area contributed by atoms with Crippen molar-refractivity contribution in [2.75, 3.05) is 6.61 Å². The molecule has 0 aliphatic carbocycles. The molecule has 0 aromatic carbocycles. The fourth-order valence-electron chi connectivity index (χ4n) is 0.986. The molecule has 3 nitrogen and oxygen atoms in total. The van der Waals surface area contributed by atoms with E-state index in [1.54, 1.807) is 0 Å². The first kappa shape index (κ1) is 8.27. The largest absolute Gasteiger partial charge is 0.396 e. The van der Waals surface area contributed by atoms with Crippen LogP contribution >= 0.6 is 0 Å². The summed E-state index contributed by atoms with van der Waals surface area (Å²) in [6.45, 7) is 4.22. The van der Waals surface area contributed by atoms with Crippen molar-refractivity contribution in [3.63, 3.8) is 0 Å². The van der Waals surface area contributed by atoms with E-state index in [-0.39, 0.29) is 6.61 Å². The molecule has 0 unspecified atom stereocenters. The van der Waals surface area contributed by atoms with Crippen LogP contribution < -0.4 is 0 Å². The number of nitrogens with one attached hydrogen (secondary N) is 1. The molecule has 1 rings (SSSR count). The fraction of sp³-hybridized carbons (Fsp3) is 0.625. The van der Waals surface area contributed by atoms with E-state index in [0.717, 1.165) is 30.1 Å². The second-order valence-electron chi connectivity index (χ2n) is 2.72. The molecule has 2 N–H and O–H groups in total. The number of imidazole rings is 1. The lowest BCUT2D eigenvalue weighted by molar-refractivity contribution is 0.287. The van der Waals surface area contributed by atoms with Crippen molar-refractivity contribution in [2.24, 2.45) is 0 Å². The molecule has 3 heteroatoms. The number of aryl methyl sites for hydroxylation is 3. The average molecular weight is 154 g/mol. The monoisotopic (exact) mass is 154 g/mol. The lowest BCUT2D eigenvalue weighted by Gasteiger charge is -1.90. The number of H-pyrrole nitrogens is 1. The quantitative estimate of drug-likeness (QED) is 0.681. The number of aromatic nitrogens is 2. The number of hydrogen-bond acceptors (Lipinski definition) is 2. The Morgan fingerprint density at radius 3 is 2.64 bits per heavy atom. The molecule has 1 heterocycles. The number of hydrogen-bond donors (Lipinski definition) is 2. The molecule has 0 spiro atoms. The van der Waals surface area contributed by atoms with E-state index in [0.29, 0.717) is 0 Å². The molecule has 0 bridgehead atoms. The second kappa shape index (κ2) is 3.53. The molecule has 11 heavy (non-hydrogen) atoms. The highest BCUT2D eigenvalue weighted by atomic mass is 16.2. The molecule has 0 aliphatic rings. The van der Waals surface area contributed by atoms with E-state index < -0.39 is 0 Å². The zero-order valence-electron chi connectivity index (χ0n) is 7.02. The van der Waals surface area contributed by atoms with Gasteiger partial charge in [-0.05, 0) is 20.3 Å². The zero-order valence-corrected chi connectivity index (χ0v) is 7.02. The molecule has 0 saturated carbocycles. The average Bonchev–Trinajstić information content (AvgIpc) is 2.28. The first-order chi connectivity index (χ1) is 5.24. The van der Waals surface area contributed by atoms with Crippen molar-refractivity contribution >= 4 is 0 Å². The third-order valence-electron chi connectivity index (χ3n) is 1.75. The predicted octanol–water partition coefficient (Wildman–Crippen LogP) is 0.951. The summed E-state index contributed by atoms with van der Waals surface area (Å²) in [4.78, 5) is 7.44. The summed E-state index contributed by atoms with van der Waals surface area (Å²) in [6, 6.07) is 0. The molecule has 1 aromatic rings. The number of aliphatic hydroxyl groups is 1. The van der Waals surface area contributed by atoms with E-state index in [1.807, 2.05) is 13.8 Å². The molecule has 0 atom stereocenters. The second-order valence-corrected chi connectivity index (χ2v) is 2.72. The van der Waals surface area contributed by atoms with Crippen LogP contribution in [0.2, 0.25) is 0 Å². The first-order valence-corrected chi connectivity index (χ1v) is 3.87. The van der Waals surface area contributed by atoms with Gasteiger partial charge < -0.3 is 10.1 Å². The van der Waals surface area contributed by atoms with Crippen molar-refractivity contribution in [3.05, 3.63) is 17.2 Å². The van der Waals surface area contributed by atoms with E-state index in [1.165, 1.54) is 0 Å². The predicted molar refractivity (Wildman–Crippen MR) is 43.5 cm³/mol. The van der Waals surface area contributed by atoms with Crippen LogP contribution in [0.25, 0.3) is 0 Å². The van der Waals surface area contributed by atoms with E-state index in [9.17, 15) is 0 Å². The van der Waals surface area contributed by atoms with Crippen LogP contribution in [0.1, 0.15) is 23.6 Å². The molecular weight excluding hydrogens is 140 g/mol. The van der Waals surface area contributed by atoms with Crippen LogP contribution in [-0.2, 0) is 6.42 Å². The maximum absolute atomic E-state index is 8.56. The molecule has 1 aromatic heterocycles. The zero-order chi connectivity index (χ0) is 8.27. The topological polar surface area (TPSA) is 48.9 Å². The van der Waals surface area contributed by atoms with Gasteiger partial charge in [-0.15, -0.1) is 0 Å². The third kappa shape index (κ3) is 2.05. The Morgan fingerprint density at radius 1 is 1.45 bits per heavy atom. The smallest absolute Gasteiger partial charge is 0.106 e. The van der Waals surface area contributed by atoms with Crippen molar-refractivity contribution in [1.29, 1.82) is 0 Å². The fourth-order valence-corrected chi connectivity index (χ4v) is 0.986. The van der Waals surface area contributed by atoms with Crippen molar-refractivity contribution < 1.29 is 5.11 Å². The molecule has 62 valence electrons. The highest BCUT2D eigenvalue weighted by Gasteiger charge is 2.00. The molecule has 0 saturated heterocycles. The summed E-state index contributed by atoms with van der Waals surface area (Å²) in [5.74, 6) is 0.981. The van der Waals surface area contributed by atoms with Crippen LogP contribution in [0.5, 0.6) is 0 Å². The Hall–Kier alpha value is -0.830. The van der Waals surface area contributed by atoms with Gasteiger partial charge in [-0.25, -0.2) is 4.98 Å². The minimum Gasteiger partial charge on any atom is -0.396 e. The van der Waals surface area contributed by atoms with Crippen LogP contribution in [0.4, 0.5) is 0 Å². The molecule has 0 aliphatic heterocycles. The lowest BCUT2D eigenvalue weighted by atomic mass is 10.3. The molecule has 0 fully saturated rings. The van der Waals surface area contributed by atoms with E-state index >= 15 is 0 Å². The maximum atomic E-state index is 8.56. The minimum atomic E-state index is 0.235. The SMILES string of the molecule is Cc1nc(CCCO)[nH]c1C. The van der Waals surface area contributed by atoms with Crippen molar-refractivity contribution in [1.82, 2.24) is 9.97 Å². The van der Waals surface area contributed by atoms with Crippen LogP contribution in [0.3, 0.4) is 0 Å². The van der Waals surface area contributed by atoms with Gasteiger partial charge in [0.15, 0.2) is 0 Å². The number of nitrogens with zero attached hydrogens (tertiary/aromatic N) is 1.